The van der Waals surface area contributed by atoms with Crippen molar-refractivity contribution in [2.75, 3.05) is 13.1 Å². The zero-order valence-corrected chi connectivity index (χ0v) is 9.66. The van der Waals surface area contributed by atoms with E-state index in [-0.39, 0.29) is 34.4 Å². The SMILES string of the molecule is O=C(c1c(O)cc(Cl)cc1Cl)N1CC(O)C1. The second kappa shape index (κ2) is 4.13. The van der Waals surface area contributed by atoms with Gasteiger partial charge in [0, 0.05) is 18.1 Å². The molecule has 0 aromatic heterocycles. The van der Waals surface area contributed by atoms with Crippen LogP contribution in [0.3, 0.4) is 0 Å². The van der Waals surface area contributed by atoms with E-state index < -0.39 is 12.0 Å². The summed E-state index contributed by atoms with van der Waals surface area (Å²) in [6.45, 7) is 0.522. The number of carbonyl (C=O) groups is 1. The standard InChI is InChI=1S/C10H9Cl2NO3/c11-5-1-7(12)9(8(15)2-5)10(16)13-3-6(14)4-13/h1-2,6,14-15H,3-4H2. The van der Waals surface area contributed by atoms with E-state index in [1.165, 1.54) is 17.0 Å². The third kappa shape index (κ3) is 1.96. The topological polar surface area (TPSA) is 60.8 Å². The smallest absolute Gasteiger partial charge is 0.259 e. The molecule has 0 bridgehead atoms. The Bertz CT molecular complexity index is 421. The van der Waals surface area contributed by atoms with Crippen molar-refractivity contribution >= 4 is 29.1 Å². The molecular weight excluding hydrogens is 253 g/mol. The summed E-state index contributed by atoms with van der Waals surface area (Å²) in [5.74, 6) is -0.645. The number of hydrogen-bond acceptors (Lipinski definition) is 3. The monoisotopic (exact) mass is 261 g/mol. The number of rotatable bonds is 1. The van der Waals surface area contributed by atoms with Gasteiger partial charge in [0.2, 0.25) is 0 Å². The molecule has 1 saturated heterocycles. The number of benzene rings is 1. The van der Waals surface area contributed by atoms with Gasteiger partial charge in [0.25, 0.3) is 5.91 Å². The van der Waals surface area contributed by atoms with E-state index in [1.807, 2.05) is 0 Å². The molecule has 86 valence electrons. The fourth-order valence-electron chi connectivity index (χ4n) is 1.55. The van der Waals surface area contributed by atoms with E-state index in [4.69, 9.17) is 28.3 Å². The Morgan fingerprint density at radius 2 is 2.00 bits per heavy atom. The lowest BCUT2D eigenvalue weighted by Gasteiger charge is -2.36. The summed E-state index contributed by atoms with van der Waals surface area (Å²) >= 11 is 11.5. The van der Waals surface area contributed by atoms with Crippen molar-refractivity contribution in [2.24, 2.45) is 0 Å². The minimum Gasteiger partial charge on any atom is -0.507 e. The molecule has 0 aliphatic carbocycles. The lowest BCUT2D eigenvalue weighted by atomic mass is 10.1. The first-order valence-corrected chi connectivity index (χ1v) is 5.40. The number of halogens is 2. The molecule has 0 saturated carbocycles. The van der Waals surface area contributed by atoms with Gasteiger partial charge in [0.1, 0.15) is 5.75 Å². The number of phenolic OH excluding ortho intramolecular Hbond substituents is 1. The molecule has 6 heteroatoms. The van der Waals surface area contributed by atoms with E-state index in [0.717, 1.165) is 0 Å². The zero-order chi connectivity index (χ0) is 11.9. The lowest BCUT2D eigenvalue weighted by molar-refractivity contribution is 0.00572. The van der Waals surface area contributed by atoms with Gasteiger partial charge in [0.15, 0.2) is 0 Å². The summed E-state index contributed by atoms with van der Waals surface area (Å²) in [6, 6.07) is 2.66. The molecule has 2 N–H and O–H groups in total. The van der Waals surface area contributed by atoms with Crippen molar-refractivity contribution in [3.63, 3.8) is 0 Å². The van der Waals surface area contributed by atoms with Crippen molar-refractivity contribution in [1.82, 2.24) is 4.90 Å². The molecule has 1 aromatic carbocycles. The van der Waals surface area contributed by atoms with Crippen molar-refractivity contribution < 1.29 is 15.0 Å². The van der Waals surface area contributed by atoms with Gasteiger partial charge in [-0.3, -0.25) is 4.79 Å². The zero-order valence-electron chi connectivity index (χ0n) is 8.15. The predicted octanol–water partition coefficient (Wildman–Crippen LogP) is 1.52. The van der Waals surface area contributed by atoms with E-state index in [2.05, 4.69) is 0 Å². The van der Waals surface area contributed by atoms with E-state index in [0.29, 0.717) is 0 Å². The molecule has 4 nitrogen and oxygen atoms in total. The predicted molar refractivity (Wildman–Crippen MR) is 60.0 cm³/mol. The summed E-state index contributed by atoms with van der Waals surface area (Å²) in [5, 5.41) is 19.1. The summed E-state index contributed by atoms with van der Waals surface area (Å²) in [5.41, 5.74) is 0.0259. The molecule has 1 fully saturated rings. The fraction of sp³-hybridized carbons (Fsp3) is 0.300. The number of carbonyl (C=O) groups excluding carboxylic acids is 1. The first-order valence-electron chi connectivity index (χ1n) is 4.64. The highest BCUT2D eigenvalue weighted by Crippen LogP contribution is 2.31. The van der Waals surface area contributed by atoms with Gasteiger partial charge >= 0.3 is 0 Å². The Labute approximate surface area is 102 Å². The highest BCUT2D eigenvalue weighted by molar-refractivity contribution is 6.37. The fourth-order valence-corrected chi connectivity index (χ4v) is 2.11. The van der Waals surface area contributed by atoms with Crippen molar-refractivity contribution in [3.05, 3.63) is 27.7 Å². The van der Waals surface area contributed by atoms with Crippen LogP contribution in [0.2, 0.25) is 10.0 Å². The van der Waals surface area contributed by atoms with Gasteiger partial charge in [-0.15, -0.1) is 0 Å². The maximum absolute atomic E-state index is 11.9. The van der Waals surface area contributed by atoms with Gasteiger partial charge in [-0.2, -0.15) is 0 Å². The van der Waals surface area contributed by atoms with Crippen LogP contribution in [0.5, 0.6) is 5.75 Å². The second-order valence-corrected chi connectivity index (χ2v) is 4.49. The third-order valence-electron chi connectivity index (χ3n) is 2.40. The van der Waals surface area contributed by atoms with Crippen LogP contribution in [-0.4, -0.2) is 40.2 Å². The molecule has 0 radical (unpaired) electrons. The van der Waals surface area contributed by atoms with Crippen LogP contribution < -0.4 is 0 Å². The Balaban J connectivity index is 2.30. The van der Waals surface area contributed by atoms with Crippen LogP contribution >= 0.6 is 23.2 Å². The number of phenols is 1. The van der Waals surface area contributed by atoms with Gasteiger partial charge < -0.3 is 15.1 Å². The number of aliphatic hydroxyl groups is 1. The first kappa shape index (κ1) is 11.5. The summed E-state index contributed by atoms with van der Waals surface area (Å²) < 4.78 is 0. The number of nitrogens with zero attached hydrogens (tertiary/aromatic N) is 1. The van der Waals surface area contributed by atoms with Gasteiger partial charge in [-0.05, 0) is 12.1 Å². The molecule has 1 aliphatic heterocycles. The van der Waals surface area contributed by atoms with Crippen LogP contribution in [0.1, 0.15) is 10.4 Å². The van der Waals surface area contributed by atoms with E-state index in [9.17, 15) is 9.90 Å². The highest BCUT2D eigenvalue weighted by atomic mass is 35.5. The number of aromatic hydroxyl groups is 1. The number of aliphatic hydroxyl groups excluding tert-OH is 1. The van der Waals surface area contributed by atoms with Gasteiger partial charge in [-0.25, -0.2) is 0 Å². The maximum atomic E-state index is 11.9. The number of likely N-dealkylation sites (tertiary alicyclic amines) is 1. The number of amides is 1. The van der Waals surface area contributed by atoms with Crippen LogP contribution in [0.4, 0.5) is 0 Å². The number of hydrogen-bond donors (Lipinski definition) is 2. The summed E-state index contributed by atoms with van der Waals surface area (Å²) in [4.78, 5) is 13.3. The molecule has 16 heavy (non-hydrogen) atoms. The van der Waals surface area contributed by atoms with Crippen LogP contribution in [0.15, 0.2) is 12.1 Å². The maximum Gasteiger partial charge on any atom is 0.259 e. The van der Waals surface area contributed by atoms with Crippen molar-refractivity contribution in [1.29, 1.82) is 0 Å². The van der Waals surface area contributed by atoms with E-state index >= 15 is 0 Å². The average molecular weight is 262 g/mol. The third-order valence-corrected chi connectivity index (χ3v) is 2.91. The largest absolute Gasteiger partial charge is 0.507 e. The molecule has 0 spiro atoms. The molecular formula is C10H9Cl2NO3. The van der Waals surface area contributed by atoms with Crippen LogP contribution in [0, 0.1) is 0 Å². The lowest BCUT2D eigenvalue weighted by Crippen LogP contribution is -2.53. The highest BCUT2D eigenvalue weighted by Gasteiger charge is 2.32. The van der Waals surface area contributed by atoms with Crippen molar-refractivity contribution in [3.8, 4) is 5.75 Å². The molecule has 1 heterocycles. The minimum atomic E-state index is -0.489. The van der Waals surface area contributed by atoms with Gasteiger partial charge in [0.05, 0.1) is 16.7 Å². The quantitative estimate of drug-likeness (QED) is 0.806. The molecule has 1 aromatic rings. The number of β-amino-alcohol motifs (C(OH)–C–C–N with tert-alkyl or cyclic N) is 1. The Morgan fingerprint density at radius 3 is 2.50 bits per heavy atom. The molecule has 0 atom stereocenters. The van der Waals surface area contributed by atoms with Crippen LogP contribution in [-0.2, 0) is 0 Å². The molecule has 1 amide bonds. The van der Waals surface area contributed by atoms with E-state index in [1.54, 1.807) is 0 Å². The molecule has 0 unspecified atom stereocenters. The second-order valence-electron chi connectivity index (χ2n) is 3.65. The normalized spacial score (nSPS) is 16.1. The minimum absolute atomic E-state index is 0.0259. The van der Waals surface area contributed by atoms with Crippen LogP contribution in [0.25, 0.3) is 0 Å². The Hall–Kier alpha value is -0.970. The molecule has 2 rings (SSSR count). The average Bonchev–Trinajstić information content (AvgIpc) is 2.10. The first-order chi connectivity index (χ1) is 7.49. The summed E-state index contributed by atoms with van der Waals surface area (Å²) in [6.07, 6.45) is -0.489. The van der Waals surface area contributed by atoms with Crippen molar-refractivity contribution in [2.45, 2.75) is 6.10 Å². The van der Waals surface area contributed by atoms with Gasteiger partial charge in [-0.1, -0.05) is 23.2 Å². The molecule has 1 aliphatic rings. The Kier molecular flexibility index (Phi) is 2.97. The summed E-state index contributed by atoms with van der Waals surface area (Å²) in [7, 11) is 0. The Morgan fingerprint density at radius 1 is 1.38 bits per heavy atom.